The third kappa shape index (κ3) is 3.51. The van der Waals surface area contributed by atoms with Crippen LogP contribution in [0.25, 0.3) is 5.69 Å². The zero-order chi connectivity index (χ0) is 17.1. The third-order valence-corrected chi connectivity index (χ3v) is 4.34. The number of thiophene rings is 1. The van der Waals surface area contributed by atoms with Gasteiger partial charge in [-0.05, 0) is 30.0 Å². The molecule has 4 nitrogen and oxygen atoms in total. The van der Waals surface area contributed by atoms with Crippen molar-refractivity contribution in [2.24, 2.45) is 0 Å². The summed E-state index contributed by atoms with van der Waals surface area (Å²) < 4.78 is 28.5. The van der Waals surface area contributed by atoms with E-state index in [9.17, 15) is 13.6 Å². The summed E-state index contributed by atoms with van der Waals surface area (Å²) >= 11 is 1.50. The van der Waals surface area contributed by atoms with Crippen LogP contribution < -0.4 is 5.32 Å². The SMILES string of the molecule is CCc1cc(NC(=O)Cc2cccs2)nn1-c1ccc(F)cc1F. The van der Waals surface area contributed by atoms with Crippen molar-refractivity contribution in [3.63, 3.8) is 0 Å². The lowest BCUT2D eigenvalue weighted by Crippen LogP contribution is -2.14. The van der Waals surface area contributed by atoms with Crippen molar-refractivity contribution in [3.8, 4) is 5.69 Å². The van der Waals surface area contributed by atoms with Crippen molar-refractivity contribution in [2.45, 2.75) is 19.8 Å². The highest BCUT2D eigenvalue weighted by atomic mass is 32.1. The number of hydrogen-bond acceptors (Lipinski definition) is 3. The average Bonchev–Trinajstić information content (AvgIpc) is 3.16. The van der Waals surface area contributed by atoms with Crippen molar-refractivity contribution >= 4 is 23.1 Å². The zero-order valence-corrected chi connectivity index (χ0v) is 13.7. The lowest BCUT2D eigenvalue weighted by Gasteiger charge is -2.06. The summed E-state index contributed by atoms with van der Waals surface area (Å²) in [6.45, 7) is 1.90. The Kier molecular flexibility index (Phi) is 4.71. The van der Waals surface area contributed by atoms with Gasteiger partial charge in [-0.3, -0.25) is 4.79 Å². The van der Waals surface area contributed by atoms with E-state index in [0.29, 0.717) is 17.9 Å². The van der Waals surface area contributed by atoms with Gasteiger partial charge >= 0.3 is 0 Å². The number of amides is 1. The van der Waals surface area contributed by atoms with Crippen molar-refractivity contribution in [3.05, 3.63) is 64.0 Å². The molecule has 0 aliphatic carbocycles. The molecule has 0 spiro atoms. The lowest BCUT2D eigenvalue weighted by molar-refractivity contribution is -0.115. The second-order valence-corrected chi connectivity index (χ2v) is 6.22. The molecular formula is C17H15F2N3OS. The minimum Gasteiger partial charge on any atom is -0.309 e. The number of nitrogens with one attached hydrogen (secondary N) is 1. The quantitative estimate of drug-likeness (QED) is 0.759. The van der Waals surface area contributed by atoms with Crippen LogP contribution in [0, 0.1) is 11.6 Å². The van der Waals surface area contributed by atoms with Gasteiger partial charge in [0.25, 0.3) is 0 Å². The molecule has 3 rings (SSSR count). The first kappa shape index (κ1) is 16.3. The average molecular weight is 347 g/mol. The van der Waals surface area contributed by atoms with Crippen molar-refractivity contribution < 1.29 is 13.6 Å². The Morgan fingerprint density at radius 1 is 1.29 bits per heavy atom. The lowest BCUT2D eigenvalue weighted by atomic mass is 10.2. The number of nitrogens with zero attached hydrogens (tertiary/aromatic N) is 2. The van der Waals surface area contributed by atoms with Gasteiger partial charge in [-0.2, -0.15) is 0 Å². The maximum atomic E-state index is 14.0. The molecule has 2 aromatic heterocycles. The summed E-state index contributed by atoms with van der Waals surface area (Å²) in [6, 6.07) is 8.77. The van der Waals surface area contributed by atoms with Crippen LogP contribution in [0.15, 0.2) is 41.8 Å². The summed E-state index contributed by atoms with van der Waals surface area (Å²) in [7, 11) is 0. The molecule has 0 unspecified atom stereocenters. The van der Waals surface area contributed by atoms with E-state index < -0.39 is 11.6 Å². The predicted octanol–water partition coefficient (Wildman–Crippen LogP) is 3.96. The van der Waals surface area contributed by atoms with Crippen LogP contribution in [0.2, 0.25) is 0 Å². The van der Waals surface area contributed by atoms with Gasteiger partial charge in [-0.15, -0.1) is 16.4 Å². The van der Waals surface area contributed by atoms with E-state index >= 15 is 0 Å². The van der Waals surface area contributed by atoms with Crippen LogP contribution in [0.3, 0.4) is 0 Å². The highest BCUT2D eigenvalue weighted by Crippen LogP contribution is 2.20. The van der Waals surface area contributed by atoms with E-state index in [-0.39, 0.29) is 18.0 Å². The molecular weight excluding hydrogens is 332 g/mol. The van der Waals surface area contributed by atoms with Gasteiger partial charge in [0.05, 0.1) is 6.42 Å². The monoisotopic (exact) mass is 347 g/mol. The molecule has 0 radical (unpaired) electrons. The number of hydrogen-bond donors (Lipinski definition) is 1. The molecule has 0 atom stereocenters. The minimum absolute atomic E-state index is 0.145. The van der Waals surface area contributed by atoms with E-state index in [2.05, 4.69) is 10.4 Å². The van der Waals surface area contributed by atoms with Crippen molar-refractivity contribution in [2.75, 3.05) is 5.32 Å². The second-order valence-electron chi connectivity index (χ2n) is 5.19. The van der Waals surface area contributed by atoms with E-state index in [4.69, 9.17) is 0 Å². The van der Waals surface area contributed by atoms with Gasteiger partial charge in [-0.1, -0.05) is 13.0 Å². The first-order valence-corrected chi connectivity index (χ1v) is 8.31. The van der Waals surface area contributed by atoms with E-state index in [0.717, 1.165) is 10.9 Å². The van der Waals surface area contributed by atoms with Crippen LogP contribution in [0.1, 0.15) is 17.5 Å². The van der Waals surface area contributed by atoms with Crippen LogP contribution in [-0.4, -0.2) is 15.7 Å². The van der Waals surface area contributed by atoms with Gasteiger partial charge < -0.3 is 5.32 Å². The number of aromatic nitrogens is 2. The molecule has 0 aliphatic rings. The summed E-state index contributed by atoms with van der Waals surface area (Å²) in [5.74, 6) is -1.20. The van der Waals surface area contributed by atoms with Crippen LogP contribution in [-0.2, 0) is 17.6 Å². The minimum atomic E-state index is -0.704. The van der Waals surface area contributed by atoms with Crippen LogP contribution in [0.5, 0.6) is 0 Å². The summed E-state index contributed by atoms with van der Waals surface area (Å²) in [5, 5.41) is 8.86. The molecule has 3 aromatic rings. The number of carbonyl (C=O) groups excluding carboxylic acids is 1. The third-order valence-electron chi connectivity index (χ3n) is 3.47. The first-order valence-electron chi connectivity index (χ1n) is 7.43. The molecule has 1 N–H and O–H groups in total. The van der Waals surface area contributed by atoms with Gasteiger partial charge in [0.2, 0.25) is 5.91 Å². The van der Waals surface area contributed by atoms with Crippen molar-refractivity contribution in [1.29, 1.82) is 0 Å². The molecule has 0 fully saturated rings. The van der Waals surface area contributed by atoms with Gasteiger partial charge in [-0.25, -0.2) is 13.5 Å². The fourth-order valence-electron chi connectivity index (χ4n) is 2.35. The maximum absolute atomic E-state index is 14.0. The Bertz CT molecular complexity index is 859. The molecule has 2 heterocycles. The Morgan fingerprint density at radius 2 is 2.12 bits per heavy atom. The fourth-order valence-corrected chi connectivity index (χ4v) is 3.06. The summed E-state index contributed by atoms with van der Waals surface area (Å²) in [5.41, 5.74) is 0.860. The zero-order valence-electron chi connectivity index (χ0n) is 12.9. The topological polar surface area (TPSA) is 46.9 Å². The molecule has 0 saturated carbocycles. The van der Waals surface area contributed by atoms with Crippen molar-refractivity contribution in [1.82, 2.24) is 9.78 Å². The van der Waals surface area contributed by atoms with Gasteiger partial charge in [0.15, 0.2) is 11.6 Å². The molecule has 1 amide bonds. The molecule has 24 heavy (non-hydrogen) atoms. The Balaban J connectivity index is 1.83. The van der Waals surface area contributed by atoms with E-state index in [1.807, 2.05) is 24.4 Å². The number of aryl methyl sites for hydroxylation is 1. The van der Waals surface area contributed by atoms with E-state index in [1.165, 1.54) is 28.2 Å². The summed E-state index contributed by atoms with van der Waals surface area (Å²) in [4.78, 5) is 13.0. The Labute approximate surface area is 141 Å². The first-order chi connectivity index (χ1) is 11.6. The molecule has 1 aromatic carbocycles. The number of carbonyl (C=O) groups is 1. The predicted molar refractivity (Wildman–Crippen MR) is 89.5 cm³/mol. The fraction of sp³-hybridized carbons (Fsp3) is 0.176. The molecule has 0 bridgehead atoms. The molecule has 124 valence electrons. The highest BCUT2D eigenvalue weighted by molar-refractivity contribution is 7.10. The highest BCUT2D eigenvalue weighted by Gasteiger charge is 2.14. The second kappa shape index (κ2) is 6.92. The standard InChI is InChI=1S/C17H15F2N3OS/c1-2-12-9-16(20-17(23)10-13-4-3-7-24-13)21-22(12)15-6-5-11(18)8-14(15)19/h3-9H,2,10H2,1H3,(H,20,21,23). The molecule has 0 saturated heterocycles. The van der Waals surface area contributed by atoms with E-state index in [1.54, 1.807) is 6.07 Å². The summed E-state index contributed by atoms with van der Waals surface area (Å²) in [6.07, 6.45) is 0.849. The maximum Gasteiger partial charge on any atom is 0.230 e. The van der Waals surface area contributed by atoms with Crippen LogP contribution >= 0.6 is 11.3 Å². The number of halogens is 2. The largest absolute Gasteiger partial charge is 0.309 e. The van der Waals surface area contributed by atoms with Gasteiger partial charge in [0, 0.05) is 22.7 Å². The van der Waals surface area contributed by atoms with Crippen LogP contribution in [0.4, 0.5) is 14.6 Å². The van der Waals surface area contributed by atoms with Gasteiger partial charge in [0.1, 0.15) is 11.5 Å². The Hall–Kier alpha value is -2.54. The smallest absolute Gasteiger partial charge is 0.230 e. The Morgan fingerprint density at radius 3 is 2.79 bits per heavy atom. The molecule has 7 heteroatoms. The normalized spacial score (nSPS) is 10.8. The number of benzene rings is 1. The molecule has 0 aliphatic heterocycles. The number of anilines is 1. The number of rotatable bonds is 5.